The lowest BCUT2D eigenvalue weighted by Crippen LogP contribution is -2.06. The van der Waals surface area contributed by atoms with Crippen molar-refractivity contribution in [2.45, 2.75) is 6.42 Å². The van der Waals surface area contributed by atoms with Gasteiger partial charge in [-0.1, -0.05) is 15.9 Å². The van der Waals surface area contributed by atoms with E-state index in [1.54, 1.807) is 36.7 Å². The fourth-order valence-corrected chi connectivity index (χ4v) is 2.53. The molecule has 3 rings (SSSR count). The van der Waals surface area contributed by atoms with Crippen LogP contribution in [-0.2, 0) is 0 Å². The smallest absolute Gasteiger partial charge is 0.198 e. The Hall–Kier alpha value is -1.81. The first-order chi connectivity index (χ1) is 8.68. The molecule has 0 saturated heterocycles. The predicted octanol–water partition coefficient (Wildman–Crippen LogP) is 3.11. The molecule has 0 bridgehead atoms. The van der Waals surface area contributed by atoms with Crippen LogP contribution < -0.4 is 0 Å². The molecule has 0 saturated carbocycles. The fourth-order valence-electron chi connectivity index (χ4n) is 2.16. The molecule has 0 unspecified atom stereocenters. The van der Waals surface area contributed by atoms with E-state index in [4.69, 9.17) is 0 Å². The minimum atomic E-state index is -0.189. The van der Waals surface area contributed by atoms with Gasteiger partial charge in [0.2, 0.25) is 0 Å². The predicted molar refractivity (Wildman–Crippen MR) is 72.1 cm³/mol. The summed E-state index contributed by atoms with van der Waals surface area (Å²) in [7, 11) is 0. The summed E-state index contributed by atoms with van der Waals surface area (Å²) < 4.78 is 0.800. The second-order valence-electron chi connectivity index (χ2n) is 4.10. The van der Waals surface area contributed by atoms with E-state index < -0.39 is 0 Å². The number of fused-ring (bicyclic) bond motifs is 1. The number of hydrogen-bond acceptors (Lipinski definition) is 3. The quantitative estimate of drug-likeness (QED) is 0.546. The van der Waals surface area contributed by atoms with Gasteiger partial charge < -0.3 is 0 Å². The van der Waals surface area contributed by atoms with Crippen molar-refractivity contribution in [1.82, 2.24) is 0 Å². The van der Waals surface area contributed by atoms with Gasteiger partial charge in [-0.3, -0.25) is 14.6 Å². The fraction of sp³-hybridized carbons (Fsp3) is 0.0714. The molecule has 4 heteroatoms. The molecule has 1 heterocycles. The molecule has 1 aromatic carbocycles. The average Bonchev–Trinajstić information content (AvgIpc) is 2.63. The molecule has 0 N–H and O–H groups in total. The number of halogens is 1. The van der Waals surface area contributed by atoms with Gasteiger partial charge in [-0.15, -0.1) is 0 Å². The Kier molecular flexibility index (Phi) is 2.59. The van der Waals surface area contributed by atoms with Gasteiger partial charge in [-0.2, -0.15) is 0 Å². The maximum Gasteiger partial charge on any atom is 0.198 e. The van der Waals surface area contributed by atoms with Crippen molar-refractivity contribution in [3.8, 4) is 0 Å². The zero-order valence-electron chi connectivity index (χ0n) is 9.31. The van der Waals surface area contributed by atoms with Crippen LogP contribution >= 0.6 is 15.9 Å². The molecular weight excluding hydrogens is 294 g/mol. The summed E-state index contributed by atoms with van der Waals surface area (Å²) in [6.07, 6.45) is 5.55. The molecule has 88 valence electrons. The van der Waals surface area contributed by atoms with Gasteiger partial charge in [-0.25, -0.2) is 0 Å². The highest BCUT2D eigenvalue weighted by Crippen LogP contribution is 2.32. The van der Waals surface area contributed by atoms with E-state index in [1.807, 2.05) is 0 Å². The third kappa shape index (κ3) is 1.61. The standard InChI is InChI=1S/C14H8BrNO2/c15-9-1-2-10-11(7-9)14(18)12(13(10)17)8-3-5-16-6-4-8/h1-3,5-7H,4H2. The minimum absolute atomic E-state index is 0.183. The first kappa shape index (κ1) is 11.3. The van der Waals surface area contributed by atoms with Crippen LogP contribution in [0, 0.1) is 0 Å². The molecule has 0 amide bonds. The van der Waals surface area contributed by atoms with Gasteiger partial charge in [0.1, 0.15) is 0 Å². The average molecular weight is 302 g/mol. The van der Waals surface area contributed by atoms with Crippen LogP contribution in [0.3, 0.4) is 0 Å². The molecule has 1 aromatic rings. The lowest BCUT2D eigenvalue weighted by atomic mass is 10.0. The van der Waals surface area contributed by atoms with Gasteiger partial charge in [0.25, 0.3) is 0 Å². The molecule has 0 fully saturated rings. The Morgan fingerprint density at radius 2 is 1.89 bits per heavy atom. The van der Waals surface area contributed by atoms with E-state index in [0.717, 1.165) is 10.0 Å². The Morgan fingerprint density at radius 3 is 2.61 bits per heavy atom. The molecule has 0 radical (unpaired) electrons. The monoisotopic (exact) mass is 301 g/mol. The van der Waals surface area contributed by atoms with Crippen LogP contribution in [0.2, 0.25) is 0 Å². The summed E-state index contributed by atoms with van der Waals surface area (Å²) in [5, 5.41) is 0. The maximum atomic E-state index is 12.3. The molecule has 1 aliphatic carbocycles. The summed E-state index contributed by atoms with van der Waals surface area (Å²) in [4.78, 5) is 28.5. The Bertz CT molecular complexity index is 668. The van der Waals surface area contributed by atoms with E-state index in [2.05, 4.69) is 20.9 Å². The van der Waals surface area contributed by atoms with Crippen molar-refractivity contribution < 1.29 is 9.59 Å². The highest BCUT2D eigenvalue weighted by atomic mass is 79.9. The summed E-state index contributed by atoms with van der Waals surface area (Å²) >= 11 is 3.31. The van der Waals surface area contributed by atoms with Crippen LogP contribution in [0.4, 0.5) is 0 Å². The number of benzene rings is 1. The first-order valence-electron chi connectivity index (χ1n) is 5.49. The molecule has 3 nitrogen and oxygen atoms in total. The van der Waals surface area contributed by atoms with E-state index in [9.17, 15) is 9.59 Å². The van der Waals surface area contributed by atoms with Crippen LogP contribution in [0.1, 0.15) is 27.1 Å². The van der Waals surface area contributed by atoms with Crippen molar-refractivity contribution >= 4 is 33.7 Å². The highest BCUT2D eigenvalue weighted by Gasteiger charge is 2.34. The number of rotatable bonds is 0. The number of Topliss-reactive ketones (excluding diaryl/α,β-unsaturated/α-hetero) is 2. The number of ketones is 2. The second-order valence-corrected chi connectivity index (χ2v) is 5.02. The number of nitrogens with zero attached hydrogens (tertiary/aromatic N) is 1. The van der Waals surface area contributed by atoms with E-state index in [1.165, 1.54) is 0 Å². The molecule has 1 aliphatic heterocycles. The minimum Gasteiger partial charge on any atom is -0.288 e. The van der Waals surface area contributed by atoms with Gasteiger partial charge in [0, 0.05) is 34.4 Å². The normalized spacial score (nSPS) is 21.6. The van der Waals surface area contributed by atoms with Crippen molar-refractivity contribution in [3.63, 3.8) is 0 Å². The van der Waals surface area contributed by atoms with Crippen molar-refractivity contribution in [2.75, 3.05) is 0 Å². The summed E-state index contributed by atoms with van der Waals surface area (Å²) in [5.41, 5.74) is 1.99. The molecule has 0 atom stereocenters. The topological polar surface area (TPSA) is 46.5 Å². The number of carbonyl (C=O) groups excluding carboxylic acids is 2. The first-order valence-corrected chi connectivity index (χ1v) is 6.28. The second kappa shape index (κ2) is 4.14. The van der Waals surface area contributed by atoms with Gasteiger partial charge >= 0.3 is 0 Å². The molecule has 2 aliphatic rings. The highest BCUT2D eigenvalue weighted by molar-refractivity contribution is 9.10. The van der Waals surface area contributed by atoms with Gasteiger partial charge in [0.05, 0.1) is 5.57 Å². The molecule has 0 aromatic heterocycles. The summed E-state index contributed by atoms with van der Waals surface area (Å²) in [6.45, 7) is 0. The molecule has 18 heavy (non-hydrogen) atoms. The van der Waals surface area contributed by atoms with E-state index in [0.29, 0.717) is 17.5 Å². The largest absolute Gasteiger partial charge is 0.288 e. The van der Waals surface area contributed by atoms with Crippen LogP contribution in [0.25, 0.3) is 0 Å². The van der Waals surface area contributed by atoms with Crippen molar-refractivity contribution in [3.05, 3.63) is 57.2 Å². The zero-order chi connectivity index (χ0) is 12.7. The number of allylic oxidation sites excluding steroid dienone is 3. The van der Waals surface area contributed by atoms with Crippen LogP contribution in [0.15, 0.2) is 51.1 Å². The lowest BCUT2D eigenvalue weighted by molar-refractivity contribution is 0.0987. The molecule has 0 spiro atoms. The van der Waals surface area contributed by atoms with Gasteiger partial charge in [-0.05, 0) is 29.8 Å². The SMILES string of the molecule is O=C1C(=C2C=CN=CC2)C(=O)c2cc(Br)ccc21. The van der Waals surface area contributed by atoms with Crippen LogP contribution in [0.5, 0.6) is 0 Å². The summed E-state index contributed by atoms with van der Waals surface area (Å²) in [5.74, 6) is -0.372. The Morgan fingerprint density at radius 1 is 1.11 bits per heavy atom. The Balaban J connectivity index is 2.19. The zero-order valence-corrected chi connectivity index (χ0v) is 10.9. The lowest BCUT2D eigenvalue weighted by Gasteiger charge is -2.04. The third-order valence-corrected chi connectivity index (χ3v) is 3.52. The third-order valence-electron chi connectivity index (χ3n) is 3.02. The van der Waals surface area contributed by atoms with Crippen molar-refractivity contribution in [2.24, 2.45) is 4.99 Å². The number of carbonyl (C=O) groups is 2. The van der Waals surface area contributed by atoms with E-state index >= 15 is 0 Å². The van der Waals surface area contributed by atoms with Crippen molar-refractivity contribution in [1.29, 1.82) is 0 Å². The number of hydrogen-bond donors (Lipinski definition) is 0. The van der Waals surface area contributed by atoms with E-state index in [-0.39, 0.29) is 17.1 Å². The maximum absolute atomic E-state index is 12.3. The molecular formula is C14H8BrNO2. The van der Waals surface area contributed by atoms with Crippen LogP contribution in [-0.4, -0.2) is 17.8 Å². The van der Waals surface area contributed by atoms with Gasteiger partial charge in [0.15, 0.2) is 11.6 Å². The Labute approximate surface area is 112 Å². The summed E-state index contributed by atoms with van der Waals surface area (Å²) in [6, 6.07) is 5.16. The number of aliphatic imine (C=N–C) groups is 1.